The summed E-state index contributed by atoms with van der Waals surface area (Å²) in [7, 11) is 6.22. The molecular formula is C83H121N9O15S2. The summed E-state index contributed by atoms with van der Waals surface area (Å²) in [6, 6.07) is 19.8. The molecule has 4 aromatic rings. The molecule has 109 heavy (non-hydrogen) atoms. The van der Waals surface area contributed by atoms with Crippen LogP contribution < -0.4 is 16.4 Å². The summed E-state index contributed by atoms with van der Waals surface area (Å²) in [5, 5.41) is 19.4. The maximum Gasteiger partial charge on any atom is 0.324 e. The number of rotatable bonds is 36. The number of nitrogens with one attached hydrogen (secondary N) is 2. The van der Waals surface area contributed by atoms with Crippen LogP contribution in [0.15, 0.2) is 71.4 Å². The third kappa shape index (κ3) is 21.2. The Morgan fingerprint density at radius 1 is 0.587 bits per heavy atom. The number of piperidine rings is 4. The number of carbonyl (C=O) groups is 10. The predicted molar refractivity (Wildman–Crippen MR) is 418 cm³/mol. The van der Waals surface area contributed by atoms with Gasteiger partial charge in [-0.3, -0.25) is 57.7 Å². The minimum absolute atomic E-state index is 0.00487. The van der Waals surface area contributed by atoms with E-state index in [0.29, 0.717) is 66.3 Å². The van der Waals surface area contributed by atoms with Crippen molar-refractivity contribution < 1.29 is 72.0 Å². The van der Waals surface area contributed by atoms with Gasteiger partial charge in [0, 0.05) is 112 Å². The third-order valence-corrected chi connectivity index (χ3v) is 26.1. The van der Waals surface area contributed by atoms with Crippen molar-refractivity contribution in [3.05, 3.63) is 104 Å². The number of carboxylic acid groups (broad SMARTS) is 1. The predicted octanol–water partition coefficient (Wildman–Crippen LogP) is 11.9. The topological polar surface area (TPSA) is 317 Å². The fraction of sp³-hybridized carbons (Fsp3) is 0.663. The van der Waals surface area contributed by atoms with Gasteiger partial charge in [-0.15, -0.1) is 22.7 Å². The van der Waals surface area contributed by atoms with Crippen LogP contribution in [0.4, 0.5) is 0 Å². The van der Waals surface area contributed by atoms with E-state index in [1.54, 1.807) is 48.5 Å². The van der Waals surface area contributed by atoms with Crippen LogP contribution in [0.3, 0.4) is 0 Å². The van der Waals surface area contributed by atoms with Crippen molar-refractivity contribution in [2.45, 2.75) is 283 Å². The summed E-state index contributed by atoms with van der Waals surface area (Å²) in [5.74, 6) is -4.28. The fourth-order valence-electron chi connectivity index (χ4n) is 17.6. The molecule has 8 heterocycles. The van der Waals surface area contributed by atoms with Gasteiger partial charge >= 0.3 is 29.8 Å². The Hall–Kier alpha value is -7.52. The molecule has 24 nitrogen and oxygen atoms in total. The average molecular weight is 1550 g/mol. The highest BCUT2D eigenvalue weighted by Gasteiger charge is 2.67. The SMILES string of the molecule is CC[C@H](C)[C@H](CC(=O)C12CCCC3CC(C1)N32)C(=O)N(C)[C@H](C[C@@H](OC(C)=O)c1nc(C(=O)N[C@@H](Cc2ccccc2)C[C@H](C)C(=O)OC)cs1)C(C)C.CC[C@H](C)[C@H](N)C(=O)N(C)[C@H](C[C@@H](OC(C)=O)c1nc(C(=O)N[C@@H](Cc2ccccc2)C[C@H](C)C(=O)OC)cs1)C(C)C.O=C(O)C12CCCC3CC(C1)N32. The molecule has 26 heteroatoms. The summed E-state index contributed by atoms with van der Waals surface area (Å²) in [6.45, 7) is 22.3. The first-order chi connectivity index (χ1) is 51.7. The van der Waals surface area contributed by atoms with E-state index in [1.165, 1.54) is 70.0 Å². The van der Waals surface area contributed by atoms with Crippen molar-refractivity contribution in [1.29, 1.82) is 0 Å². The molecule has 0 radical (unpaired) electrons. The van der Waals surface area contributed by atoms with E-state index in [2.05, 4.69) is 44.2 Å². The number of Topliss-reactive ketones (excluding diaryl/α,β-unsaturated/α-hetero) is 1. The number of aliphatic carboxylic acids is 1. The van der Waals surface area contributed by atoms with Crippen LogP contribution >= 0.6 is 22.7 Å². The molecule has 2 aromatic heterocycles. The normalized spacial score (nSPS) is 23.4. The van der Waals surface area contributed by atoms with E-state index in [-0.39, 0.29) is 107 Å². The molecule has 600 valence electrons. The lowest BCUT2D eigenvalue weighted by atomic mass is 9.58. The fourth-order valence-corrected chi connectivity index (χ4v) is 19.3. The number of methoxy groups -OCH3 is 2. The van der Waals surface area contributed by atoms with Crippen molar-refractivity contribution in [3.8, 4) is 0 Å². The van der Waals surface area contributed by atoms with E-state index < -0.39 is 71.3 Å². The number of aromatic nitrogens is 2. The van der Waals surface area contributed by atoms with Crippen LogP contribution in [-0.4, -0.2) is 188 Å². The number of ether oxygens (including phenoxy) is 4. The molecule has 18 atom stereocenters. The highest BCUT2D eigenvalue weighted by atomic mass is 32.1. The number of nitrogens with two attached hydrogens (primary N) is 1. The third-order valence-electron chi connectivity index (χ3n) is 24.2. The van der Waals surface area contributed by atoms with E-state index >= 15 is 0 Å². The van der Waals surface area contributed by atoms with Crippen LogP contribution in [0.5, 0.6) is 0 Å². The van der Waals surface area contributed by atoms with E-state index in [4.69, 9.17) is 29.8 Å². The van der Waals surface area contributed by atoms with Gasteiger partial charge in [0.05, 0.1) is 37.6 Å². The number of carbonyl (C=O) groups excluding carboxylic acids is 9. The van der Waals surface area contributed by atoms with Crippen molar-refractivity contribution in [2.24, 2.45) is 47.2 Å². The number of carboxylic acids is 1. The van der Waals surface area contributed by atoms with Gasteiger partial charge in [0.25, 0.3) is 11.8 Å². The first-order valence-corrected chi connectivity index (χ1v) is 41.2. The minimum atomic E-state index is -0.795. The van der Waals surface area contributed by atoms with E-state index in [9.17, 15) is 47.9 Å². The standard InChI is InChI=1S/C42H60N4O7S.C32H48N4O6S.C9H13NO2/c1-9-26(4)33(21-37(48)42-17-13-16-31-20-32(23-42)46(31)42)40(50)45(7)35(25(2)3)22-36(53-28(6)47)39-44-34(24-54-39)38(49)43-30(18-27(5)41(51)52-8)19-29-14-11-10-12-15-29;1-9-20(4)28(33)31(39)36(7)26(19(2)3)17-27(42-22(6)37)30-35-25(18-43-30)29(38)34-24(15-21(5)32(40)41-8)16-23-13-11-10-12-14-23;11-8(12)9-3-1-2-6-4-7(5-9)10(6)9/h10-12,14-15,24-27,30-33,35-36H,9,13,16-23H2,1-8H3,(H,43,49);10-14,18-21,24,26-28H,9,15-17,33H2,1-8H3,(H,34,38);6-7H,1-5H2,(H,11,12)/t26-,27-,30+,31?,32?,33-,35+,36+,42?;20-,21-,24+,26+,27+,28-;/m00./s1. The maximum absolute atomic E-state index is 14.4. The maximum atomic E-state index is 14.4. The summed E-state index contributed by atoms with van der Waals surface area (Å²) in [6.07, 6.45) is 13.3. The Kier molecular flexibility index (Phi) is 31.2. The molecule has 0 aliphatic carbocycles. The highest BCUT2D eigenvalue weighted by molar-refractivity contribution is 7.10. The number of nitrogens with zero attached hydrogens (tertiary/aromatic N) is 6. The lowest BCUT2D eigenvalue weighted by molar-refractivity contribution is -0.221. The van der Waals surface area contributed by atoms with Crippen molar-refractivity contribution in [1.82, 2.24) is 40.2 Å². The second-order valence-electron chi connectivity index (χ2n) is 32.4. The van der Waals surface area contributed by atoms with Gasteiger partial charge in [0.2, 0.25) is 11.8 Å². The number of hydrogen-bond acceptors (Lipinski definition) is 21. The van der Waals surface area contributed by atoms with E-state index in [0.717, 1.165) is 68.9 Å². The molecule has 0 bridgehead atoms. The molecule has 6 aliphatic heterocycles. The molecule has 6 fully saturated rings. The van der Waals surface area contributed by atoms with Gasteiger partial charge in [-0.05, 0) is 125 Å². The summed E-state index contributed by atoms with van der Waals surface area (Å²) in [5.41, 5.74) is 7.86. The van der Waals surface area contributed by atoms with Crippen LogP contribution in [0.1, 0.15) is 247 Å². The zero-order valence-corrected chi connectivity index (χ0v) is 68.6. The summed E-state index contributed by atoms with van der Waals surface area (Å²) in [4.78, 5) is 146. The van der Waals surface area contributed by atoms with Gasteiger partial charge in [-0.2, -0.15) is 0 Å². The van der Waals surface area contributed by atoms with Gasteiger partial charge in [-0.25, -0.2) is 9.97 Å². The number of thiazole rings is 2. The number of likely N-dealkylation sites (N-methyl/N-ethyl adjacent to an activating group) is 1. The summed E-state index contributed by atoms with van der Waals surface area (Å²) < 4.78 is 21.3. The largest absolute Gasteiger partial charge is 0.480 e. The van der Waals surface area contributed by atoms with Gasteiger partial charge in [0.15, 0.2) is 18.0 Å². The number of ketones is 1. The molecule has 6 saturated heterocycles. The molecule has 6 unspecified atom stereocenters. The highest BCUT2D eigenvalue weighted by Crippen LogP contribution is 2.57. The first kappa shape index (κ1) is 87.1. The number of esters is 4. The van der Waals surface area contributed by atoms with Gasteiger partial charge < -0.3 is 50.2 Å². The van der Waals surface area contributed by atoms with Crippen LogP contribution in [0.2, 0.25) is 0 Å². The molecule has 5 N–H and O–H groups in total. The molecule has 4 amide bonds. The summed E-state index contributed by atoms with van der Waals surface area (Å²) >= 11 is 2.45. The van der Waals surface area contributed by atoms with Gasteiger partial charge in [0.1, 0.15) is 26.9 Å². The van der Waals surface area contributed by atoms with Crippen LogP contribution in [-0.2, 0) is 70.1 Å². The monoisotopic (exact) mass is 1550 g/mol. The smallest absolute Gasteiger partial charge is 0.324 e. The molecule has 0 spiro atoms. The number of benzene rings is 2. The Bertz CT molecular complexity index is 3750. The number of amides is 4. The Morgan fingerprint density at radius 3 is 1.37 bits per heavy atom. The molecule has 0 saturated carbocycles. The average Bonchev–Trinajstić information content (AvgIpc) is 1.12. The second-order valence-corrected chi connectivity index (χ2v) is 34.1. The van der Waals surface area contributed by atoms with E-state index in [1.807, 2.05) is 102 Å². The quantitative estimate of drug-likeness (QED) is 0.0243. The lowest BCUT2D eigenvalue weighted by Crippen LogP contribution is -2.81. The van der Waals surface area contributed by atoms with Crippen LogP contribution in [0, 0.1) is 41.4 Å². The molecule has 6 aliphatic rings. The Balaban J connectivity index is 0.000000240. The molecule has 10 rings (SSSR count). The first-order valence-electron chi connectivity index (χ1n) is 39.4. The van der Waals surface area contributed by atoms with Crippen molar-refractivity contribution in [3.63, 3.8) is 0 Å². The Morgan fingerprint density at radius 2 is 0.991 bits per heavy atom. The lowest BCUT2D eigenvalue weighted by Gasteiger charge is -2.71. The molecular weight excluding hydrogens is 1430 g/mol. The Labute approximate surface area is 652 Å². The zero-order valence-electron chi connectivity index (χ0n) is 67.0. The van der Waals surface area contributed by atoms with Crippen LogP contribution in [0.25, 0.3) is 0 Å². The molecule has 2 aromatic carbocycles. The van der Waals surface area contributed by atoms with Gasteiger partial charge in [-0.1, -0.05) is 143 Å². The zero-order chi connectivity index (χ0) is 79.9. The van der Waals surface area contributed by atoms with Crippen molar-refractivity contribution >= 4 is 81.9 Å². The number of hydrogen-bond donors (Lipinski definition) is 4. The van der Waals surface area contributed by atoms with Crippen molar-refractivity contribution in [2.75, 3.05) is 28.3 Å². The second kappa shape index (κ2) is 39.1. The minimum Gasteiger partial charge on any atom is -0.480 e.